The Morgan fingerprint density at radius 1 is 1.33 bits per heavy atom. The molecule has 1 aliphatic heterocycles. The van der Waals surface area contributed by atoms with Gasteiger partial charge in [0.2, 0.25) is 0 Å². The predicted octanol–water partition coefficient (Wildman–Crippen LogP) is 2.92. The number of esters is 1. The number of carbonyl (C=O) groups excluding carboxylic acids is 1. The molecule has 2 rings (SSSR count). The first-order valence-corrected chi connectivity index (χ1v) is 9.41. The Bertz CT molecular complexity index is 577. The predicted molar refractivity (Wildman–Crippen MR) is 97.4 cm³/mol. The van der Waals surface area contributed by atoms with Gasteiger partial charge >= 0.3 is 5.97 Å². The Labute approximate surface area is 151 Å². The molecule has 0 aromatic heterocycles. The number of unbranched alkanes of at least 4 members (excludes halogenated alkanes) is 1. The van der Waals surface area contributed by atoms with Gasteiger partial charge in [-0.05, 0) is 32.3 Å². The molecule has 0 saturated heterocycles. The molecule has 6 heteroatoms. The number of halogens is 1. The average molecular weight is 397 g/mol. The van der Waals surface area contributed by atoms with Crippen LogP contribution in [0.4, 0.5) is 0 Å². The van der Waals surface area contributed by atoms with Crippen LogP contribution in [0.25, 0.3) is 0 Å². The molecule has 132 valence electrons. The largest absolute Gasteiger partial charge is 0.463 e. The quantitative estimate of drug-likeness (QED) is 0.421. The Balaban J connectivity index is 2.36. The molecule has 0 spiro atoms. The normalized spacial score (nSPS) is 21.1. The first-order valence-electron chi connectivity index (χ1n) is 8.29. The highest BCUT2D eigenvalue weighted by Crippen LogP contribution is 2.32. The number of benzene rings is 1. The number of nitrogens with zero attached hydrogens (tertiary/aromatic N) is 1. The molecule has 0 bridgehead atoms. The van der Waals surface area contributed by atoms with Crippen molar-refractivity contribution in [1.29, 1.82) is 0 Å². The smallest absolute Gasteiger partial charge is 0.337 e. The second-order valence-corrected chi connectivity index (χ2v) is 6.49. The number of ether oxygens (including phenoxy) is 1. The van der Waals surface area contributed by atoms with Gasteiger partial charge in [0.15, 0.2) is 6.35 Å². The van der Waals surface area contributed by atoms with Crippen LogP contribution in [-0.2, 0) is 9.53 Å². The zero-order valence-electron chi connectivity index (χ0n) is 14.2. The van der Waals surface area contributed by atoms with Crippen molar-refractivity contribution in [2.24, 2.45) is 0 Å². The zero-order valence-corrected chi connectivity index (χ0v) is 15.8. The number of carbonyl (C=O) groups is 1. The van der Waals surface area contributed by atoms with Gasteiger partial charge < -0.3 is 14.7 Å². The summed E-state index contributed by atoms with van der Waals surface area (Å²) in [7, 11) is 0. The molecule has 2 unspecified atom stereocenters. The molecule has 2 atom stereocenters. The van der Waals surface area contributed by atoms with E-state index in [1.54, 1.807) is 6.92 Å². The lowest BCUT2D eigenvalue weighted by molar-refractivity contribution is -0.140. The standard InChI is InChI=1S/C18H25BrN2O3/c1-3-24-17(22)15-13(2)21(12-8-7-11-19)18(23)20-16(15)14-9-5-4-6-10-14/h4-6,9-10,16,18,20,23H,3,7-8,11-12H2,1-2H3. The summed E-state index contributed by atoms with van der Waals surface area (Å²) in [6, 6.07) is 9.27. The van der Waals surface area contributed by atoms with E-state index in [2.05, 4.69) is 21.2 Å². The highest BCUT2D eigenvalue weighted by atomic mass is 79.9. The molecule has 1 aliphatic rings. The van der Waals surface area contributed by atoms with Crippen molar-refractivity contribution in [3.05, 3.63) is 47.2 Å². The highest BCUT2D eigenvalue weighted by Gasteiger charge is 2.35. The average Bonchev–Trinajstić information content (AvgIpc) is 2.58. The Kier molecular flexibility index (Phi) is 7.27. The topological polar surface area (TPSA) is 61.8 Å². The summed E-state index contributed by atoms with van der Waals surface area (Å²) in [5, 5.41) is 14.6. The van der Waals surface area contributed by atoms with Crippen molar-refractivity contribution in [3.8, 4) is 0 Å². The van der Waals surface area contributed by atoms with Crippen LogP contribution < -0.4 is 5.32 Å². The summed E-state index contributed by atoms with van der Waals surface area (Å²) in [4.78, 5) is 14.4. The summed E-state index contributed by atoms with van der Waals surface area (Å²) in [5.41, 5.74) is 2.26. The van der Waals surface area contributed by atoms with Gasteiger partial charge in [-0.25, -0.2) is 4.79 Å². The van der Waals surface area contributed by atoms with Gasteiger partial charge in [-0.15, -0.1) is 0 Å². The minimum absolute atomic E-state index is 0.323. The fourth-order valence-corrected chi connectivity index (χ4v) is 3.32. The second kappa shape index (κ2) is 9.20. The third kappa shape index (κ3) is 4.37. The number of rotatable bonds is 7. The van der Waals surface area contributed by atoms with Gasteiger partial charge in [0.1, 0.15) is 0 Å². The maximum Gasteiger partial charge on any atom is 0.337 e. The Morgan fingerprint density at radius 3 is 2.67 bits per heavy atom. The number of nitrogens with one attached hydrogen (secondary N) is 1. The zero-order chi connectivity index (χ0) is 17.5. The SMILES string of the molecule is CCOC(=O)C1=C(C)N(CCCCBr)C(O)NC1c1ccccc1. The maximum atomic E-state index is 12.5. The van der Waals surface area contributed by atoms with Crippen molar-refractivity contribution < 1.29 is 14.6 Å². The van der Waals surface area contributed by atoms with Crippen molar-refractivity contribution in [1.82, 2.24) is 10.2 Å². The first-order chi connectivity index (χ1) is 11.6. The molecule has 0 radical (unpaired) electrons. The lowest BCUT2D eigenvalue weighted by atomic mass is 9.94. The van der Waals surface area contributed by atoms with E-state index in [0.29, 0.717) is 18.7 Å². The third-order valence-corrected chi connectivity index (χ3v) is 4.69. The van der Waals surface area contributed by atoms with Crippen molar-refractivity contribution in [2.75, 3.05) is 18.5 Å². The molecular weight excluding hydrogens is 372 g/mol. The van der Waals surface area contributed by atoms with Gasteiger partial charge in [0.25, 0.3) is 0 Å². The number of alkyl halides is 1. The minimum atomic E-state index is -0.830. The van der Waals surface area contributed by atoms with Crippen LogP contribution in [0.5, 0.6) is 0 Å². The van der Waals surface area contributed by atoms with Crippen LogP contribution in [0.3, 0.4) is 0 Å². The van der Waals surface area contributed by atoms with E-state index >= 15 is 0 Å². The first kappa shape index (κ1) is 19.0. The van der Waals surface area contributed by atoms with Gasteiger partial charge in [0, 0.05) is 17.6 Å². The monoisotopic (exact) mass is 396 g/mol. The van der Waals surface area contributed by atoms with E-state index in [9.17, 15) is 9.90 Å². The highest BCUT2D eigenvalue weighted by molar-refractivity contribution is 9.09. The van der Waals surface area contributed by atoms with E-state index in [4.69, 9.17) is 4.74 Å². The fraction of sp³-hybridized carbons (Fsp3) is 0.500. The summed E-state index contributed by atoms with van der Waals surface area (Å²) >= 11 is 3.42. The summed E-state index contributed by atoms with van der Waals surface area (Å²) < 4.78 is 5.26. The van der Waals surface area contributed by atoms with Gasteiger partial charge in [-0.1, -0.05) is 46.3 Å². The molecule has 1 aromatic rings. The van der Waals surface area contributed by atoms with Crippen molar-refractivity contribution in [2.45, 2.75) is 39.1 Å². The van der Waals surface area contributed by atoms with Crippen LogP contribution in [0.15, 0.2) is 41.6 Å². The van der Waals surface area contributed by atoms with E-state index in [-0.39, 0.29) is 12.0 Å². The van der Waals surface area contributed by atoms with Crippen LogP contribution in [0.1, 0.15) is 38.3 Å². The molecule has 0 saturated carbocycles. The van der Waals surface area contributed by atoms with E-state index in [1.807, 2.05) is 42.2 Å². The summed E-state index contributed by atoms with van der Waals surface area (Å²) in [6.45, 7) is 4.67. The number of aliphatic hydroxyl groups excluding tert-OH is 1. The van der Waals surface area contributed by atoms with E-state index in [0.717, 1.165) is 29.4 Å². The Hall–Kier alpha value is -1.37. The van der Waals surface area contributed by atoms with Crippen LogP contribution >= 0.6 is 15.9 Å². The van der Waals surface area contributed by atoms with Crippen molar-refractivity contribution in [3.63, 3.8) is 0 Å². The summed E-state index contributed by atoms with van der Waals surface area (Å²) in [5.74, 6) is -0.339. The summed E-state index contributed by atoms with van der Waals surface area (Å²) in [6.07, 6.45) is 1.10. The minimum Gasteiger partial charge on any atom is -0.463 e. The lowest BCUT2D eigenvalue weighted by Crippen LogP contribution is -2.52. The van der Waals surface area contributed by atoms with Crippen LogP contribution in [-0.4, -0.2) is 40.8 Å². The van der Waals surface area contributed by atoms with Crippen LogP contribution in [0, 0.1) is 0 Å². The van der Waals surface area contributed by atoms with E-state index < -0.39 is 6.35 Å². The number of hydrogen-bond donors (Lipinski definition) is 2. The Morgan fingerprint density at radius 2 is 2.04 bits per heavy atom. The molecule has 0 fully saturated rings. The molecule has 2 N–H and O–H groups in total. The fourth-order valence-electron chi connectivity index (χ4n) is 2.92. The van der Waals surface area contributed by atoms with Gasteiger partial charge in [0.05, 0.1) is 18.2 Å². The maximum absolute atomic E-state index is 12.5. The van der Waals surface area contributed by atoms with Crippen LogP contribution in [0.2, 0.25) is 0 Å². The molecular formula is C18H25BrN2O3. The van der Waals surface area contributed by atoms with Gasteiger partial charge in [-0.2, -0.15) is 0 Å². The van der Waals surface area contributed by atoms with Gasteiger partial charge in [-0.3, -0.25) is 5.32 Å². The molecule has 0 amide bonds. The molecule has 0 aliphatic carbocycles. The number of allylic oxidation sites excluding steroid dienone is 1. The van der Waals surface area contributed by atoms with E-state index in [1.165, 1.54) is 0 Å². The molecule has 1 aromatic carbocycles. The molecule has 1 heterocycles. The van der Waals surface area contributed by atoms with Crippen molar-refractivity contribution >= 4 is 21.9 Å². The number of aliphatic hydroxyl groups is 1. The molecule has 24 heavy (non-hydrogen) atoms. The second-order valence-electron chi connectivity index (χ2n) is 5.69. The molecule has 5 nitrogen and oxygen atoms in total. The number of hydrogen-bond acceptors (Lipinski definition) is 5. The third-order valence-electron chi connectivity index (χ3n) is 4.13. The lowest BCUT2D eigenvalue weighted by Gasteiger charge is -2.40.